The van der Waals surface area contributed by atoms with E-state index in [0.29, 0.717) is 32.1 Å². The molecule has 1 aromatic heterocycles. The van der Waals surface area contributed by atoms with Gasteiger partial charge in [-0.25, -0.2) is 0 Å². The number of carbonyl (C=O) groups excluding carboxylic acids is 3. The highest BCUT2D eigenvalue weighted by molar-refractivity contribution is 7.10. The molecule has 2 aliphatic heterocycles. The Hall–Kier alpha value is -2.35. The van der Waals surface area contributed by atoms with Crippen LogP contribution in [0.3, 0.4) is 0 Å². The topological polar surface area (TPSA) is 82.4 Å². The molecule has 0 spiro atoms. The lowest BCUT2D eigenvalue weighted by Gasteiger charge is -2.35. The van der Waals surface area contributed by atoms with Gasteiger partial charge < -0.3 is 9.80 Å². The summed E-state index contributed by atoms with van der Waals surface area (Å²) in [5, 5.41) is 9.20. The number of amides is 3. The maximum atomic E-state index is 12.6. The molecule has 0 N–H and O–H groups in total. The molecular formula is C17H18N4O3S. The van der Waals surface area contributed by atoms with Crippen molar-refractivity contribution in [2.45, 2.75) is 18.4 Å². The molecule has 1 aliphatic carbocycles. The van der Waals surface area contributed by atoms with E-state index < -0.39 is 11.9 Å². The zero-order chi connectivity index (χ0) is 17.4. The molecular weight excluding hydrogens is 340 g/mol. The second-order valence-electron chi connectivity index (χ2n) is 6.47. The van der Waals surface area contributed by atoms with Crippen molar-refractivity contribution in [1.82, 2.24) is 9.80 Å². The van der Waals surface area contributed by atoms with Crippen molar-refractivity contribution < 1.29 is 14.4 Å². The molecule has 0 radical (unpaired) electrons. The van der Waals surface area contributed by atoms with E-state index in [2.05, 4.69) is 16.3 Å². The Kier molecular flexibility index (Phi) is 4.20. The van der Waals surface area contributed by atoms with Gasteiger partial charge in [-0.1, -0.05) is 6.07 Å². The minimum atomic E-state index is -0.716. The van der Waals surface area contributed by atoms with Crippen molar-refractivity contribution in [3.05, 3.63) is 34.5 Å². The third-order valence-electron chi connectivity index (χ3n) is 4.87. The van der Waals surface area contributed by atoms with E-state index in [0.717, 1.165) is 6.42 Å². The summed E-state index contributed by atoms with van der Waals surface area (Å²) in [6.45, 7) is 2.08. The van der Waals surface area contributed by atoms with E-state index in [-0.39, 0.29) is 17.7 Å². The summed E-state index contributed by atoms with van der Waals surface area (Å²) in [4.78, 5) is 40.9. The van der Waals surface area contributed by atoms with Crippen molar-refractivity contribution in [3.8, 4) is 0 Å². The highest BCUT2D eigenvalue weighted by Gasteiger charge is 2.46. The first-order chi connectivity index (χ1) is 12.1. The molecule has 3 aliphatic rings. The first kappa shape index (κ1) is 16.1. The summed E-state index contributed by atoms with van der Waals surface area (Å²) >= 11 is 1.71. The SMILES string of the molecule is O=C1C=CC(C(=O)N2CCN(C(=O)C3CC3c3cccs3)CC2)N=N1. The Labute approximate surface area is 149 Å². The molecule has 3 heterocycles. The Balaban J connectivity index is 1.29. The lowest BCUT2D eigenvalue weighted by atomic mass is 10.2. The van der Waals surface area contributed by atoms with Gasteiger partial charge in [-0.2, -0.15) is 5.11 Å². The quantitative estimate of drug-likeness (QED) is 0.820. The number of nitrogens with zero attached hydrogens (tertiary/aromatic N) is 4. The maximum absolute atomic E-state index is 12.6. The molecule has 1 saturated heterocycles. The van der Waals surface area contributed by atoms with Crippen molar-refractivity contribution in [3.63, 3.8) is 0 Å². The predicted molar refractivity (Wildman–Crippen MR) is 91.1 cm³/mol. The van der Waals surface area contributed by atoms with Crippen LogP contribution < -0.4 is 0 Å². The third-order valence-corrected chi connectivity index (χ3v) is 5.88. The number of thiophene rings is 1. The lowest BCUT2D eigenvalue weighted by Crippen LogP contribution is -2.53. The largest absolute Gasteiger partial charge is 0.339 e. The fraction of sp³-hybridized carbons (Fsp3) is 0.471. The molecule has 25 heavy (non-hydrogen) atoms. The normalized spacial score (nSPS) is 28.3. The van der Waals surface area contributed by atoms with Crippen LogP contribution in [0.2, 0.25) is 0 Å². The molecule has 1 saturated carbocycles. The fourth-order valence-corrected chi connectivity index (χ4v) is 4.26. The summed E-state index contributed by atoms with van der Waals surface area (Å²) in [5.41, 5.74) is 0. The van der Waals surface area contributed by atoms with Gasteiger partial charge in [0.25, 0.3) is 11.8 Å². The van der Waals surface area contributed by atoms with E-state index in [1.54, 1.807) is 16.2 Å². The average molecular weight is 358 g/mol. The Morgan fingerprint density at radius 1 is 1.12 bits per heavy atom. The molecule has 7 nitrogen and oxygen atoms in total. The zero-order valence-electron chi connectivity index (χ0n) is 13.6. The molecule has 130 valence electrons. The number of rotatable bonds is 3. The molecule has 4 rings (SSSR count). The second-order valence-corrected chi connectivity index (χ2v) is 7.45. The summed E-state index contributed by atoms with van der Waals surface area (Å²) < 4.78 is 0. The summed E-state index contributed by atoms with van der Waals surface area (Å²) in [5.74, 6) is 0.0690. The maximum Gasteiger partial charge on any atom is 0.287 e. The molecule has 1 aromatic rings. The Morgan fingerprint density at radius 3 is 2.44 bits per heavy atom. The van der Waals surface area contributed by atoms with E-state index >= 15 is 0 Å². The van der Waals surface area contributed by atoms with Gasteiger partial charge in [-0.3, -0.25) is 14.4 Å². The van der Waals surface area contributed by atoms with Crippen LogP contribution in [0.1, 0.15) is 17.2 Å². The van der Waals surface area contributed by atoms with Crippen LogP contribution in [0.4, 0.5) is 0 Å². The molecule has 0 bridgehead atoms. The first-order valence-electron chi connectivity index (χ1n) is 8.37. The molecule has 2 fully saturated rings. The van der Waals surface area contributed by atoms with Crippen molar-refractivity contribution in [2.75, 3.05) is 26.2 Å². The van der Waals surface area contributed by atoms with Gasteiger partial charge in [-0.05, 0) is 23.9 Å². The zero-order valence-corrected chi connectivity index (χ0v) is 14.4. The molecule has 3 unspecified atom stereocenters. The monoisotopic (exact) mass is 358 g/mol. The van der Waals surface area contributed by atoms with E-state index in [4.69, 9.17) is 0 Å². The van der Waals surface area contributed by atoms with Crippen LogP contribution >= 0.6 is 11.3 Å². The van der Waals surface area contributed by atoms with Crippen molar-refractivity contribution in [1.29, 1.82) is 0 Å². The fourth-order valence-electron chi connectivity index (χ4n) is 3.35. The van der Waals surface area contributed by atoms with Crippen LogP contribution in [0.5, 0.6) is 0 Å². The summed E-state index contributed by atoms with van der Waals surface area (Å²) in [6.07, 6.45) is 3.68. The average Bonchev–Trinajstić information content (AvgIpc) is 3.26. The van der Waals surface area contributed by atoms with Crippen LogP contribution in [0.25, 0.3) is 0 Å². The number of hydrogen-bond acceptors (Lipinski definition) is 5. The molecule has 0 aromatic carbocycles. The van der Waals surface area contributed by atoms with Crippen LogP contribution in [-0.4, -0.2) is 59.7 Å². The van der Waals surface area contributed by atoms with Crippen LogP contribution in [-0.2, 0) is 14.4 Å². The van der Waals surface area contributed by atoms with E-state index in [1.807, 2.05) is 16.3 Å². The smallest absolute Gasteiger partial charge is 0.287 e. The van der Waals surface area contributed by atoms with E-state index in [9.17, 15) is 14.4 Å². The van der Waals surface area contributed by atoms with Gasteiger partial charge in [0.15, 0.2) is 6.04 Å². The minimum absolute atomic E-state index is 0.0991. The third kappa shape index (κ3) is 3.26. The minimum Gasteiger partial charge on any atom is -0.339 e. The van der Waals surface area contributed by atoms with Gasteiger partial charge in [0.1, 0.15) is 0 Å². The molecule has 8 heteroatoms. The van der Waals surface area contributed by atoms with Crippen LogP contribution in [0.15, 0.2) is 39.9 Å². The van der Waals surface area contributed by atoms with Gasteiger partial charge in [-0.15, -0.1) is 16.5 Å². The Bertz CT molecular complexity index is 734. The number of carbonyl (C=O) groups is 3. The van der Waals surface area contributed by atoms with Gasteiger partial charge >= 0.3 is 0 Å². The predicted octanol–water partition coefficient (Wildman–Crippen LogP) is 1.44. The second kappa shape index (κ2) is 6.51. The standard InChI is InChI=1S/C17H18N4O3S/c22-15-4-3-13(18-19-15)17(24)21-7-5-20(6-8-21)16(23)12-10-11(12)14-2-1-9-25-14/h1-4,9,11-13H,5-8,10H2. The van der Waals surface area contributed by atoms with Crippen molar-refractivity contribution >= 4 is 29.1 Å². The number of azo groups is 1. The molecule has 3 atom stereocenters. The Morgan fingerprint density at radius 2 is 1.84 bits per heavy atom. The van der Waals surface area contributed by atoms with Gasteiger partial charge in [0.05, 0.1) is 0 Å². The highest BCUT2D eigenvalue weighted by Crippen LogP contribution is 2.50. The lowest BCUT2D eigenvalue weighted by molar-refractivity contribution is -0.140. The number of piperazine rings is 1. The molecule has 3 amide bonds. The highest BCUT2D eigenvalue weighted by atomic mass is 32.1. The van der Waals surface area contributed by atoms with Gasteiger partial charge in [0.2, 0.25) is 5.91 Å². The summed E-state index contributed by atoms with van der Waals surface area (Å²) in [6, 6.07) is 3.40. The first-order valence-corrected chi connectivity index (χ1v) is 9.25. The summed E-state index contributed by atoms with van der Waals surface area (Å²) in [7, 11) is 0. The van der Waals surface area contributed by atoms with Crippen molar-refractivity contribution in [2.24, 2.45) is 16.1 Å². The van der Waals surface area contributed by atoms with Crippen LogP contribution in [0, 0.1) is 5.92 Å². The van der Waals surface area contributed by atoms with Gasteiger partial charge in [0, 0.05) is 49.0 Å². The van der Waals surface area contributed by atoms with E-state index in [1.165, 1.54) is 17.0 Å². The number of hydrogen-bond donors (Lipinski definition) is 0.